The Kier molecular flexibility index (Phi) is 4.93. The zero-order valence-corrected chi connectivity index (χ0v) is 12.6. The van der Waals surface area contributed by atoms with Crippen molar-refractivity contribution in [2.45, 2.75) is 6.92 Å². The minimum Gasteiger partial charge on any atom is -0.304 e. The fourth-order valence-electron chi connectivity index (χ4n) is 1.50. The summed E-state index contributed by atoms with van der Waals surface area (Å²) >= 11 is 7.18. The summed E-state index contributed by atoms with van der Waals surface area (Å²) in [6.45, 7) is 1.85. The average molecular weight is 319 g/mol. The Balaban J connectivity index is 2.01. The fourth-order valence-corrected chi connectivity index (χ4v) is 2.45. The summed E-state index contributed by atoms with van der Waals surface area (Å²) in [6, 6.07) is 8.59. The minimum atomic E-state index is -0.346. The molecule has 0 aliphatic carbocycles. The molecular weight excluding hydrogens is 308 g/mol. The molecule has 0 atom stereocenters. The van der Waals surface area contributed by atoms with Gasteiger partial charge in [-0.15, -0.1) is 11.3 Å². The van der Waals surface area contributed by atoms with Crippen LogP contribution in [-0.2, 0) is 0 Å². The molecule has 2 N–H and O–H groups in total. The summed E-state index contributed by atoms with van der Waals surface area (Å²) in [5.41, 5.74) is 6.69. The molecule has 106 valence electrons. The lowest BCUT2D eigenvalue weighted by atomic mass is 10.2. The standard InChI is InChI=1S/C14H11ClN4OS/c1-9-8-21-14(18-9)11(6-16)7-17-19-13(20)10-3-2-4-12(15)5-10/h2-5,7-8,17H,1H3,(H,19,20)/b11-7+. The minimum absolute atomic E-state index is 0.346. The summed E-state index contributed by atoms with van der Waals surface area (Å²) < 4.78 is 0. The first-order chi connectivity index (χ1) is 10.1. The molecule has 2 aromatic rings. The smallest absolute Gasteiger partial charge is 0.269 e. The van der Waals surface area contributed by atoms with Crippen molar-refractivity contribution in [3.8, 4) is 6.07 Å². The van der Waals surface area contributed by atoms with Crippen molar-refractivity contribution in [1.82, 2.24) is 15.8 Å². The topological polar surface area (TPSA) is 77.8 Å². The highest BCUT2D eigenvalue weighted by atomic mass is 35.5. The first kappa shape index (κ1) is 15.0. The van der Waals surface area contributed by atoms with Gasteiger partial charge in [0.2, 0.25) is 0 Å². The number of rotatable bonds is 4. The molecule has 5 nitrogen and oxygen atoms in total. The van der Waals surface area contributed by atoms with Crippen molar-refractivity contribution in [1.29, 1.82) is 5.26 Å². The van der Waals surface area contributed by atoms with Crippen LogP contribution in [0.1, 0.15) is 21.1 Å². The molecule has 0 aliphatic heterocycles. The molecule has 0 aliphatic rings. The van der Waals surface area contributed by atoms with Crippen molar-refractivity contribution in [3.05, 3.63) is 57.1 Å². The normalized spacial score (nSPS) is 10.8. The van der Waals surface area contributed by atoms with Crippen molar-refractivity contribution in [2.24, 2.45) is 0 Å². The molecule has 0 fully saturated rings. The third-order valence-corrected chi connectivity index (χ3v) is 3.69. The Morgan fingerprint density at radius 3 is 2.95 bits per heavy atom. The number of allylic oxidation sites excluding steroid dienone is 1. The summed E-state index contributed by atoms with van der Waals surface area (Å²) in [7, 11) is 0. The number of hydrogen-bond donors (Lipinski definition) is 2. The summed E-state index contributed by atoms with van der Waals surface area (Å²) in [5, 5.41) is 12.0. The molecule has 7 heteroatoms. The van der Waals surface area contributed by atoms with Gasteiger partial charge in [0.05, 0.1) is 0 Å². The Morgan fingerprint density at radius 2 is 2.33 bits per heavy atom. The average Bonchev–Trinajstić information content (AvgIpc) is 2.90. The van der Waals surface area contributed by atoms with Gasteiger partial charge in [0.1, 0.15) is 16.6 Å². The quantitative estimate of drug-likeness (QED) is 0.671. The van der Waals surface area contributed by atoms with Crippen molar-refractivity contribution in [3.63, 3.8) is 0 Å². The lowest BCUT2D eigenvalue weighted by Crippen LogP contribution is -2.33. The SMILES string of the molecule is Cc1csc(/C(C#N)=C/NNC(=O)c2cccc(Cl)c2)n1. The van der Waals surface area contributed by atoms with Crippen molar-refractivity contribution < 1.29 is 4.79 Å². The van der Waals surface area contributed by atoms with Gasteiger partial charge in [0.25, 0.3) is 5.91 Å². The second-order valence-corrected chi connectivity index (χ2v) is 5.37. The predicted molar refractivity (Wildman–Crippen MR) is 82.5 cm³/mol. The molecule has 1 amide bonds. The van der Waals surface area contributed by atoms with Crippen LogP contribution in [0.5, 0.6) is 0 Å². The van der Waals surface area contributed by atoms with Crippen LogP contribution in [0.15, 0.2) is 35.8 Å². The third-order valence-electron chi connectivity index (χ3n) is 2.46. The first-order valence-electron chi connectivity index (χ1n) is 5.94. The molecule has 21 heavy (non-hydrogen) atoms. The maximum absolute atomic E-state index is 11.8. The summed E-state index contributed by atoms with van der Waals surface area (Å²) in [4.78, 5) is 16.1. The molecule has 1 heterocycles. The second-order valence-electron chi connectivity index (χ2n) is 4.07. The fraction of sp³-hybridized carbons (Fsp3) is 0.0714. The van der Waals surface area contributed by atoms with E-state index in [2.05, 4.69) is 15.8 Å². The zero-order chi connectivity index (χ0) is 15.2. The highest BCUT2D eigenvalue weighted by molar-refractivity contribution is 7.10. The Hall–Kier alpha value is -2.36. The van der Waals surface area contributed by atoms with Crippen molar-refractivity contribution in [2.75, 3.05) is 0 Å². The Bertz CT molecular complexity index is 733. The van der Waals surface area contributed by atoms with E-state index in [9.17, 15) is 4.79 Å². The molecule has 0 unspecified atom stereocenters. The third kappa shape index (κ3) is 4.05. The molecule has 2 rings (SSSR count). The lowest BCUT2D eigenvalue weighted by molar-refractivity contribution is 0.0941. The van der Waals surface area contributed by atoms with E-state index in [1.54, 1.807) is 24.3 Å². The monoisotopic (exact) mass is 318 g/mol. The van der Waals surface area contributed by atoms with Crippen LogP contribution in [0.2, 0.25) is 5.02 Å². The molecule has 0 spiro atoms. The van der Waals surface area contributed by atoms with Gasteiger partial charge >= 0.3 is 0 Å². The van der Waals surface area contributed by atoms with Crippen LogP contribution in [0.4, 0.5) is 0 Å². The number of nitriles is 1. The van der Waals surface area contributed by atoms with E-state index in [0.29, 0.717) is 21.2 Å². The maximum Gasteiger partial charge on any atom is 0.269 e. The van der Waals surface area contributed by atoms with Crippen LogP contribution in [0.3, 0.4) is 0 Å². The zero-order valence-electron chi connectivity index (χ0n) is 11.1. The highest BCUT2D eigenvalue weighted by Crippen LogP contribution is 2.17. The second kappa shape index (κ2) is 6.88. The number of carbonyl (C=O) groups excluding carboxylic acids is 1. The van der Waals surface area contributed by atoms with Gasteiger partial charge < -0.3 is 5.43 Å². The van der Waals surface area contributed by atoms with Crippen LogP contribution >= 0.6 is 22.9 Å². The number of benzene rings is 1. The van der Waals surface area contributed by atoms with Crippen molar-refractivity contribution >= 4 is 34.4 Å². The van der Waals surface area contributed by atoms with E-state index < -0.39 is 0 Å². The van der Waals surface area contributed by atoms with E-state index in [-0.39, 0.29) is 5.91 Å². The molecule has 0 radical (unpaired) electrons. The summed E-state index contributed by atoms with van der Waals surface area (Å²) in [5.74, 6) is -0.346. The van der Waals surface area contributed by atoms with Gasteiger partial charge in [0, 0.05) is 27.9 Å². The van der Waals surface area contributed by atoms with Gasteiger partial charge in [-0.25, -0.2) is 4.98 Å². The number of hydrazine groups is 1. The number of nitrogens with one attached hydrogen (secondary N) is 2. The molecule has 1 aromatic carbocycles. The molecule has 0 saturated carbocycles. The van der Waals surface area contributed by atoms with Gasteiger partial charge in [-0.2, -0.15) is 5.26 Å². The van der Waals surface area contributed by atoms with E-state index in [4.69, 9.17) is 16.9 Å². The van der Waals surface area contributed by atoms with E-state index >= 15 is 0 Å². The number of nitrogens with zero attached hydrogens (tertiary/aromatic N) is 2. The molecule has 1 aromatic heterocycles. The number of aromatic nitrogens is 1. The Morgan fingerprint density at radius 1 is 1.52 bits per heavy atom. The van der Waals surface area contributed by atoms with E-state index in [1.165, 1.54) is 17.5 Å². The van der Waals surface area contributed by atoms with Crippen LogP contribution in [-0.4, -0.2) is 10.9 Å². The van der Waals surface area contributed by atoms with Gasteiger partial charge in [-0.1, -0.05) is 17.7 Å². The van der Waals surface area contributed by atoms with Gasteiger partial charge in [0.15, 0.2) is 0 Å². The molecular formula is C14H11ClN4OS. The maximum atomic E-state index is 11.8. The highest BCUT2D eigenvalue weighted by Gasteiger charge is 2.07. The number of halogens is 1. The van der Waals surface area contributed by atoms with E-state index in [0.717, 1.165) is 5.69 Å². The molecule has 0 saturated heterocycles. The summed E-state index contributed by atoms with van der Waals surface area (Å²) in [6.07, 6.45) is 1.40. The Labute approximate surface area is 130 Å². The van der Waals surface area contributed by atoms with Gasteiger partial charge in [-0.3, -0.25) is 10.2 Å². The molecule has 0 bridgehead atoms. The number of amides is 1. The number of carbonyl (C=O) groups is 1. The van der Waals surface area contributed by atoms with Crippen LogP contribution in [0, 0.1) is 18.3 Å². The number of aryl methyl sites for hydroxylation is 1. The number of hydrogen-bond acceptors (Lipinski definition) is 5. The largest absolute Gasteiger partial charge is 0.304 e. The van der Waals surface area contributed by atoms with Crippen LogP contribution in [0.25, 0.3) is 5.57 Å². The number of thiazole rings is 1. The first-order valence-corrected chi connectivity index (χ1v) is 7.20. The van der Waals surface area contributed by atoms with Gasteiger partial charge in [-0.05, 0) is 25.1 Å². The van der Waals surface area contributed by atoms with E-state index in [1.807, 2.05) is 18.4 Å². The lowest BCUT2D eigenvalue weighted by Gasteiger charge is -2.05. The van der Waals surface area contributed by atoms with Crippen LogP contribution < -0.4 is 10.9 Å². The predicted octanol–water partition coefficient (Wildman–Crippen LogP) is 2.90.